The first-order valence-electron chi connectivity index (χ1n) is 10.5. The van der Waals surface area contributed by atoms with E-state index in [-0.39, 0.29) is 36.5 Å². The molecule has 1 aliphatic heterocycles. The van der Waals surface area contributed by atoms with Gasteiger partial charge >= 0.3 is 0 Å². The Kier molecular flexibility index (Phi) is 8.21. The first kappa shape index (κ1) is 23.1. The van der Waals surface area contributed by atoms with Gasteiger partial charge in [-0.05, 0) is 57.1 Å². The maximum atomic E-state index is 14.2. The van der Waals surface area contributed by atoms with E-state index in [4.69, 9.17) is 9.47 Å². The number of hydrogen-bond donors (Lipinski definition) is 2. The number of aldehydes is 1. The smallest absolute Gasteiger partial charge is 0.209 e. The molecule has 3 rings (SSSR count). The fourth-order valence-electron chi connectivity index (χ4n) is 4.44. The third kappa shape index (κ3) is 6.47. The predicted molar refractivity (Wildman–Crippen MR) is 112 cm³/mol. The average Bonchev–Trinajstić information content (AvgIpc) is 2.71. The Morgan fingerprint density at radius 1 is 1.23 bits per heavy atom. The lowest BCUT2D eigenvalue weighted by Crippen LogP contribution is -2.55. The second-order valence-electron chi connectivity index (χ2n) is 8.14. The number of halogens is 1. The highest BCUT2D eigenvalue weighted by Crippen LogP contribution is 2.39. The van der Waals surface area contributed by atoms with Crippen LogP contribution in [0.15, 0.2) is 18.2 Å². The molecular formula is C21H31FN2O5S. The number of piperidine rings is 1. The lowest BCUT2D eigenvalue weighted by atomic mass is 9.82. The number of rotatable bonds is 9. The van der Waals surface area contributed by atoms with Gasteiger partial charge in [0.1, 0.15) is 6.61 Å². The van der Waals surface area contributed by atoms with Crippen LogP contribution in [0.4, 0.5) is 4.39 Å². The van der Waals surface area contributed by atoms with Crippen molar-refractivity contribution in [2.24, 2.45) is 0 Å². The van der Waals surface area contributed by atoms with Gasteiger partial charge in [-0.15, -0.1) is 0 Å². The van der Waals surface area contributed by atoms with Gasteiger partial charge in [0, 0.05) is 17.6 Å². The number of nitrogens with one attached hydrogen (secondary N) is 2. The Morgan fingerprint density at radius 2 is 2.00 bits per heavy atom. The zero-order valence-electron chi connectivity index (χ0n) is 17.3. The van der Waals surface area contributed by atoms with Crippen LogP contribution in [-0.2, 0) is 19.6 Å². The second-order valence-corrected chi connectivity index (χ2v) is 9.92. The predicted octanol–water partition coefficient (Wildman–Crippen LogP) is 2.12. The van der Waals surface area contributed by atoms with Gasteiger partial charge in [0.15, 0.2) is 17.9 Å². The van der Waals surface area contributed by atoms with Crippen molar-refractivity contribution in [3.63, 3.8) is 0 Å². The molecule has 2 aliphatic rings. The summed E-state index contributed by atoms with van der Waals surface area (Å²) in [6.07, 6.45) is 6.98. The molecule has 30 heavy (non-hydrogen) atoms. The largest absolute Gasteiger partial charge is 0.483 e. The molecule has 2 atom stereocenters. The molecule has 0 amide bonds. The molecule has 1 aliphatic carbocycles. The molecule has 7 nitrogen and oxygen atoms in total. The fraction of sp³-hybridized carbons (Fsp3) is 0.667. The minimum absolute atomic E-state index is 0.0437. The first-order chi connectivity index (χ1) is 14.4. The van der Waals surface area contributed by atoms with Crippen LogP contribution in [0, 0.1) is 5.82 Å². The van der Waals surface area contributed by atoms with E-state index in [0.717, 1.165) is 50.6 Å². The molecule has 1 saturated carbocycles. The van der Waals surface area contributed by atoms with Crippen molar-refractivity contribution < 1.29 is 27.1 Å². The van der Waals surface area contributed by atoms with E-state index in [0.29, 0.717) is 12.9 Å². The summed E-state index contributed by atoms with van der Waals surface area (Å²) >= 11 is 0. The van der Waals surface area contributed by atoms with E-state index < -0.39 is 15.8 Å². The zero-order valence-corrected chi connectivity index (χ0v) is 18.1. The molecule has 1 aromatic carbocycles. The topological polar surface area (TPSA) is 93.7 Å². The Labute approximate surface area is 177 Å². The maximum absolute atomic E-state index is 14.2. The molecule has 0 aromatic heterocycles. The number of carbonyl (C=O) groups is 1. The van der Waals surface area contributed by atoms with Crippen LogP contribution in [0.2, 0.25) is 0 Å². The van der Waals surface area contributed by atoms with Crippen molar-refractivity contribution in [1.82, 2.24) is 10.0 Å². The summed E-state index contributed by atoms with van der Waals surface area (Å²) < 4.78 is 51.5. The molecule has 2 N–H and O–H groups in total. The molecule has 168 valence electrons. The van der Waals surface area contributed by atoms with Gasteiger partial charge < -0.3 is 14.8 Å². The van der Waals surface area contributed by atoms with E-state index in [1.165, 1.54) is 12.3 Å². The van der Waals surface area contributed by atoms with Gasteiger partial charge in [-0.2, -0.15) is 0 Å². The van der Waals surface area contributed by atoms with Gasteiger partial charge in [0.25, 0.3) is 0 Å². The zero-order chi connectivity index (χ0) is 21.6. The van der Waals surface area contributed by atoms with E-state index in [1.807, 2.05) is 6.07 Å². The minimum atomic E-state index is -3.26. The molecule has 9 heteroatoms. The maximum Gasteiger partial charge on any atom is 0.209 e. The van der Waals surface area contributed by atoms with Crippen LogP contribution in [-0.4, -0.2) is 58.9 Å². The summed E-state index contributed by atoms with van der Waals surface area (Å²) in [4.78, 5) is 10.6. The third-order valence-corrected chi connectivity index (χ3v) is 6.60. The summed E-state index contributed by atoms with van der Waals surface area (Å²) in [5, 5.41) is 3.36. The molecule has 0 bridgehead atoms. The van der Waals surface area contributed by atoms with E-state index in [9.17, 15) is 17.6 Å². The third-order valence-electron chi connectivity index (χ3n) is 5.87. The molecule has 1 saturated heterocycles. The van der Waals surface area contributed by atoms with Crippen molar-refractivity contribution in [2.45, 2.75) is 62.6 Å². The van der Waals surface area contributed by atoms with Crippen LogP contribution < -0.4 is 14.8 Å². The van der Waals surface area contributed by atoms with Crippen molar-refractivity contribution in [2.75, 3.05) is 26.0 Å². The first-order valence-corrected chi connectivity index (χ1v) is 12.4. The van der Waals surface area contributed by atoms with Crippen molar-refractivity contribution in [3.8, 4) is 5.75 Å². The highest BCUT2D eigenvalue weighted by Gasteiger charge is 2.30. The van der Waals surface area contributed by atoms with Crippen LogP contribution in [0.3, 0.4) is 0 Å². The number of benzene rings is 1. The van der Waals surface area contributed by atoms with E-state index in [1.54, 1.807) is 6.07 Å². The molecule has 1 heterocycles. The molecule has 1 aromatic rings. The van der Waals surface area contributed by atoms with Gasteiger partial charge in [-0.1, -0.05) is 12.1 Å². The molecular weight excluding hydrogens is 411 g/mol. The Bertz CT molecular complexity index is 812. The SMILES string of the molecule is CS(=O)(=O)N[C@H]1CCCN[C@H]1CO[C@H]1CC[C@@H](c2cccc(F)c2OCC=O)CC1. The number of para-hydroxylation sites is 1. The summed E-state index contributed by atoms with van der Waals surface area (Å²) in [6, 6.07) is 4.68. The summed E-state index contributed by atoms with van der Waals surface area (Å²) in [7, 11) is -3.26. The minimum Gasteiger partial charge on any atom is -0.483 e. The van der Waals surface area contributed by atoms with Crippen LogP contribution in [0.1, 0.15) is 50.0 Å². The van der Waals surface area contributed by atoms with Crippen molar-refractivity contribution in [1.29, 1.82) is 0 Å². The Morgan fingerprint density at radius 3 is 2.70 bits per heavy atom. The lowest BCUT2D eigenvalue weighted by molar-refractivity contribution is -0.109. The van der Waals surface area contributed by atoms with Crippen molar-refractivity contribution >= 4 is 16.3 Å². The molecule has 0 spiro atoms. The molecule has 0 unspecified atom stereocenters. The van der Waals surface area contributed by atoms with Gasteiger partial charge in [-0.25, -0.2) is 17.5 Å². The number of hydrogen-bond acceptors (Lipinski definition) is 6. The number of carbonyl (C=O) groups excluding carboxylic acids is 1. The summed E-state index contributed by atoms with van der Waals surface area (Å²) in [6.45, 7) is 1.14. The molecule has 2 fully saturated rings. The van der Waals surface area contributed by atoms with Gasteiger partial charge in [-0.3, -0.25) is 4.79 Å². The normalized spacial score (nSPS) is 27.5. The Balaban J connectivity index is 1.52. The standard InChI is InChI=1S/C21H31FN2O5S/c1-30(26,27)24-19-6-3-11-23-20(19)14-29-16-9-7-15(8-10-16)17-4-2-5-18(22)21(17)28-13-12-25/h2,4-5,12,15-16,19-20,23-24H,3,6-11,13-14H2,1H3/t15-,16+,19-,20-/m0/s1. The van der Waals surface area contributed by atoms with Gasteiger partial charge in [0.2, 0.25) is 10.0 Å². The number of ether oxygens (including phenoxy) is 2. The van der Waals surface area contributed by atoms with Crippen molar-refractivity contribution in [3.05, 3.63) is 29.6 Å². The van der Waals surface area contributed by atoms with E-state index in [2.05, 4.69) is 10.0 Å². The van der Waals surface area contributed by atoms with Crippen LogP contribution >= 0.6 is 0 Å². The lowest BCUT2D eigenvalue weighted by Gasteiger charge is -2.35. The van der Waals surface area contributed by atoms with Gasteiger partial charge in [0.05, 0.1) is 19.0 Å². The quantitative estimate of drug-likeness (QED) is 0.569. The number of sulfonamides is 1. The highest BCUT2D eigenvalue weighted by molar-refractivity contribution is 7.88. The van der Waals surface area contributed by atoms with Crippen LogP contribution in [0.25, 0.3) is 0 Å². The fourth-order valence-corrected chi connectivity index (χ4v) is 5.27. The molecule has 0 radical (unpaired) electrons. The second kappa shape index (κ2) is 10.7. The average molecular weight is 443 g/mol. The summed E-state index contributed by atoms with van der Waals surface area (Å²) in [5.74, 6) is -0.106. The Hall–Kier alpha value is -1.55. The van der Waals surface area contributed by atoms with Crippen LogP contribution in [0.5, 0.6) is 5.75 Å². The highest BCUT2D eigenvalue weighted by atomic mass is 32.2. The summed E-state index contributed by atoms with van der Waals surface area (Å²) in [5.41, 5.74) is 0.807. The van der Waals surface area contributed by atoms with E-state index >= 15 is 0 Å². The monoisotopic (exact) mass is 442 g/mol.